The Labute approximate surface area is 130 Å². The maximum atomic E-state index is 12.6. The van der Waals surface area contributed by atoms with E-state index >= 15 is 0 Å². The van der Waals surface area contributed by atoms with Crippen LogP contribution in [0.25, 0.3) is 11.3 Å². The average molecular weight is 298 g/mol. The number of carbonyl (C=O) groups excluding carboxylic acids is 1. The Morgan fingerprint density at radius 2 is 1.91 bits per heavy atom. The summed E-state index contributed by atoms with van der Waals surface area (Å²) in [5.41, 5.74) is 3.59. The van der Waals surface area contributed by atoms with E-state index in [1.165, 1.54) is 5.56 Å². The van der Waals surface area contributed by atoms with Crippen molar-refractivity contribution >= 4 is 5.91 Å². The second-order valence-electron chi connectivity index (χ2n) is 5.93. The van der Waals surface area contributed by atoms with Crippen molar-refractivity contribution in [3.63, 3.8) is 0 Å². The van der Waals surface area contributed by atoms with Crippen LogP contribution in [0.15, 0.2) is 30.3 Å². The Kier molecular flexibility index (Phi) is 4.24. The number of nitrogens with zero attached hydrogens (tertiary/aromatic N) is 2. The first-order chi connectivity index (χ1) is 10.6. The van der Waals surface area contributed by atoms with Gasteiger partial charge in [-0.25, -0.2) is 0 Å². The predicted molar refractivity (Wildman–Crippen MR) is 86.7 cm³/mol. The van der Waals surface area contributed by atoms with Crippen LogP contribution in [0.2, 0.25) is 0 Å². The van der Waals surface area contributed by atoms with Crippen LogP contribution >= 0.6 is 0 Å². The van der Waals surface area contributed by atoms with Gasteiger partial charge in [-0.3, -0.25) is 9.89 Å². The van der Waals surface area contributed by atoms with E-state index < -0.39 is 0 Å². The Morgan fingerprint density at radius 1 is 1.23 bits per heavy atom. The molecular formula is C17H22N4O. The monoisotopic (exact) mass is 298 g/mol. The molecule has 0 aliphatic carbocycles. The van der Waals surface area contributed by atoms with Gasteiger partial charge in [-0.15, -0.1) is 0 Å². The smallest absolute Gasteiger partial charge is 0.271 e. The van der Waals surface area contributed by atoms with Gasteiger partial charge in [0.1, 0.15) is 5.69 Å². The molecule has 5 nitrogen and oxygen atoms in total. The molecule has 1 amide bonds. The summed E-state index contributed by atoms with van der Waals surface area (Å²) >= 11 is 0. The number of amides is 1. The van der Waals surface area contributed by atoms with E-state index in [1.807, 2.05) is 42.3 Å². The molecule has 0 unspecified atom stereocenters. The number of aryl methyl sites for hydroxylation is 1. The van der Waals surface area contributed by atoms with Gasteiger partial charge in [0, 0.05) is 18.7 Å². The minimum absolute atomic E-state index is 0.0118. The van der Waals surface area contributed by atoms with Crippen molar-refractivity contribution in [2.45, 2.75) is 25.8 Å². The fraction of sp³-hybridized carbons (Fsp3) is 0.412. The second-order valence-corrected chi connectivity index (χ2v) is 5.93. The molecule has 0 saturated carbocycles. The Bertz CT molecular complexity index is 641. The first-order valence-electron chi connectivity index (χ1n) is 7.75. The highest BCUT2D eigenvalue weighted by molar-refractivity contribution is 5.93. The standard InChI is InChI=1S/C17H22N4O/c1-12-3-5-13(6-4-12)15-11-16(20-19-15)17(22)21(2)14-7-9-18-10-8-14/h3-6,11,14,18H,7-10H2,1-2H3,(H,19,20). The maximum Gasteiger partial charge on any atom is 0.271 e. The lowest BCUT2D eigenvalue weighted by Crippen LogP contribution is -2.44. The second kappa shape index (κ2) is 6.32. The topological polar surface area (TPSA) is 61.0 Å². The third-order valence-electron chi connectivity index (χ3n) is 4.33. The molecule has 1 aliphatic rings. The van der Waals surface area contributed by atoms with Gasteiger partial charge in [0.15, 0.2) is 0 Å². The lowest BCUT2D eigenvalue weighted by atomic mass is 10.0. The van der Waals surface area contributed by atoms with Gasteiger partial charge in [0.05, 0.1) is 5.69 Å². The summed E-state index contributed by atoms with van der Waals surface area (Å²) in [7, 11) is 1.88. The van der Waals surface area contributed by atoms with Crippen molar-refractivity contribution in [1.29, 1.82) is 0 Å². The zero-order valence-electron chi connectivity index (χ0n) is 13.1. The average Bonchev–Trinajstić information content (AvgIpc) is 3.05. The molecule has 1 aromatic carbocycles. The van der Waals surface area contributed by atoms with E-state index in [1.54, 1.807) is 0 Å². The highest BCUT2D eigenvalue weighted by Gasteiger charge is 2.24. The molecule has 1 aliphatic heterocycles. The molecule has 2 N–H and O–H groups in total. The molecule has 3 rings (SSSR count). The molecule has 2 heterocycles. The van der Waals surface area contributed by atoms with Crippen LogP contribution in [0.1, 0.15) is 28.9 Å². The quantitative estimate of drug-likeness (QED) is 0.913. The Morgan fingerprint density at radius 3 is 2.59 bits per heavy atom. The first kappa shape index (κ1) is 14.8. The van der Waals surface area contributed by atoms with Crippen molar-refractivity contribution < 1.29 is 4.79 Å². The molecule has 5 heteroatoms. The van der Waals surface area contributed by atoms with Gasteiger partial charge in [-0.2, -0.15) is 5.10 Å². The number of hydrogen-bond acceptors (Lipinski definition) is 3. The highest BCUT2D eigenvalue weighted by atomic mass is 16.2. The van der Waals surface area contributed by atoms with Crippen LogP contribution in [0, 0.1) is 6.92 Å². The minimum atomic E-state index is 0.0118. The SMILES string of the molecule is Cc1ccc(-c2cc(C(=O)N(C)C3CCNCC3)[nH]n2)cc1. The third-order valence-corrected chi connectivity index (χ3v) is 4.33. The fourth-order valence-electron chi connectivity index (χ4n) is 2.85. The number of benzene rings is 1. The summed E-state index contributed by atoms with van der Waals surface area (Å²) in [6.45, 7) is 4.00. The van der Waals surface area contributed by atoms with Crippen LogP contribution in [0.3, 0.4) is 0 Å². The van der Waals surface area contributed by atoms with Gasteiger partial charge in [0.2, 0.25) is 0 Å². The molecule has 1 saturated heterocycles. The number of nitrogens with one attached hydrogen (secondary N) is 2. The van der Waals surface area contributed by atoms with E-state index in [-0.39, 0.29) is 5.91 Å². The van der Waals surface area contributed by atoms with Gasteiger partial charge in [-0.1, -0.05) is 29.8 Å². The molecule has 22 heavy (non-hydrogen) atoms. The van der Waals surface area contributed by atoms with Gasteiger partial charge < -0.3 is 10.2 Å². The van der Waals surface area contributed by atoms with Crippen molar-refractivity contribution in [3.05, 3.63) is 41.6 Å². The predicted octanol–water partition coefficient (Wildman–Crippen LogP) is 2.21. The van der Waals surface area contributed by atoms with Crippen molar-refractivity contribution in [1.82, 2.24) is 20.4 Å². The summed E-state index contributed by atoms with van der Waals surface area (Å²) in [5, 5.41) is 10.5. The maximum absolute atomic E-state index is 12.6. The molecule has 1 aromatic heterocycles. The normalized spacial score (nSPS) is 15.7. The summed E-state index contributed by atoms with van der Waals surface area (Å²) in [6.07, 6.45) is 2.00. The van der Waals surface area contributed by atoms with Crippen LogP contribution in [0.5, 0.6) is 0 Å². The summed E-state index contributed by atoms with van der Waals surface area (Å²) in [5.74, 6) is 0.0118. The Hall–Kier alpha value is -2.14. The fourth-order valence-corrected chi connectivity index (χ4v) is 2.85. The molecule has 0 atom stereocenters. The van der Waals surface area contributed by atoms with Gasteiger partial charge in [-0.05, 0) is 38.9 Å². The summed E-state index contributed by atoms with van der Waals surface area (Å²) in [4.78, 5) is 14.4. The number of piperidine rings is 1. The third kappa shape index (κ3) is 3.04. The first-order valence-corrected chi connectivity index (χ1v) is 7.75. The number of aromatic nitrogens is 2. The van der Waals surface area contributed by atoms with Crippen molar-refractivity contribution in [2.75, 3.05) is 20.1 Å². The number of rotatable bonds is 3. The zero-order valence-corrected chi connectivity index (χ0v) is 13.1. The number of hydrogen-bond donors (Lipinski definition) is 2. The van der Waals surface area contributed by atoms with E-state index in [0.29, 0.717) is 11.7 Å². The van der Waals surface area contributed by atoms with Crippen LogP contribution in [-0.2, 0) is 0 Å². The minimum Gasteiger partial charge on any atom is -0.337 e. The molecule has 0 radical (unpaired) electrons. The van der Waals surface area contributed by atoms with Crippen molar-refractivity contribution in [3.8, 4) is 11.3 Å². The highest BCUT2D eigenvalue weighted by Crippen LogP contribution is 2.20. The van der Waals surface area contributed by atoms with Crippen LogP contribution in [0.4, 0.5) is 0 Å². The van der Waals surface area contributed by atoms with E-state index in [0.717, 1.165) is 37.2 Å². The molecular weight excluding hydrogens is 276 g/mol. The van der Waals surface area contributed by atoms with Crippen LogP contribution in [-0.4, -0.2) is 47.2 Å². The van der Waals surface area contributed by atoms with Gasteiger partial charge >= 0.3 is 0 Å². The molecule has 0 bridgehead atoms. The van der Waals surface area contributed by atoms with Gasteiger partial charge in [0.25, 0.3) is 5.91 Å². The summed E-state index contributed by atoms with van der Waals surface area (Å²) in [6, 6.07) is 10.3. The number of aromatic amines is 1. The Balaban J connectivity index is 1.75. The lowest BCUT2D eigenvalue weighted by molar-refractivity contribution is 0.0697. The number of carbonyl (C=O) groups is 1. The summed E-state index contributed by atoms with van der Waals surface area (Å²) < 4.78 is 0. The van der Waals surface area contributed by atoms with E-state index in [2.05, 4.69) is 22.4 Å². The molecule has 116 valence electrons. The van der Waals surface area contributed by atoms with E-state index in [4.69, 9.17) is 0 Å². The zero-order chi connectivity index (χ0) is 15.5. The number of H-pyrrole nitrogens is 1. The molecule has 2 aromatic rings. The molecule has 1 fully saturated rings. The largest absolute Gasteiger partial charge is 0.337 e. The lowest BCUT2D eigenvalue weighted by Gasteiger charge is -2.31. The molecule has 0 spiro atoms. The van der Waals surface area contributed by atoms with E-state index in [9.17, 15) is 4.79 Å². The van der Waals surface area contributed by atoms with Crippen LogP contribution < -0.4 is 5.32 Å². The van der Waals surface area contributed by atoms with Crippen molar-refractivity contribution in [2.24, 2.45) is 0 Å².